The van der Waals surface area contributed by atoms with Crippen molar-refractivity contribution >= 4 is 33.6 Å². The van der Waals surface area contributed by atoms with Crippen LogP contribution in [0.3, 0.4) is 0 Å². The largest absolute Gasteiger partial charge is 0.390 e. The van der Waals surface area contributed by atoms with Crippen molar-refractivity contribution in [2.24, 2.45) is 5.92 Å². The predicted octanol–water partition coefficient (Wildman–Crippen LogP) is 5.08. The lowest BCUT2D eigenvalue weighted by molar-refractivity contribution is -0.130. The monoisotopic (exact) mass is 740 g/mol. The van der Waals surface area contributed by atoms with Crippen LogP contribution in [0.15, 0.2) is 77.7 Å². The number of hydrogen-bond acceptors (Lipinski definition) is 7. The third kappa shape index (κ3) is 10.6. The van der Waals surface area contributed by atoms with Gasteiger partial charge in [-0.25, -0.2) is 12.8 Å². The highest BCUT2D eigenvalue weighted by atomic mass is 32.2. The minimum atomic E-state index is -3.99. The van der Waals surface area contributed by atoms with E-state index < -0.39 is 50.3 Å². The van der Waals surface area contributed by atoms with Gasteiger partial charge in [-0.2, -0.15) is 16.1 Å². The number of benzene rings is 3. The Morgan fingerprint density at radius 3 is 2.24 bits per heavy atom. The van der Waals surface area contributed by atoms with Crippen LogP contribution in [0.5, 0.6) is 0 Å². The van der Waals surface area contributed by atoms with Crippen molar-refractivity contribution in [1.29, 1.82) is 0 Å². The number of amides is 2. The van der Waals surface area contributed by atoms with Gasteiger partial charge in [0.25, 0.3) is 0 Å². The van der Waals surface area contributed by atoms with Crippen molar-refractivity contribution in [3.8, 4) is 0 Å². The molecule has 0 saturated heterocycles. The van der Waals surface area contributed by atoms with Gasteiger partial charge in [-0.3, -0.25) is 14.9 Å². The first-order valence-corrected chi connectivity index (χ1v) is 20.1. The summed E-state index contributed by atoms with van der Waals surface area (Å²) in [6, 6.07) is 18.8. The molecule has 0 aliphatic heterocycles. The molecule has 3 atom stereocenters. The summed E-state index contributed by atoms with van der Waals surface area (Å²) in [6.45, 7) is 11.1. The third-order valence-electron chi connectivity index (χ3n) is 9.67. The second-order valence-corrected chi connectivity index (χ2v) is 18.0. The van der Waals surface area contributed by atoms with E-state index in [0.717, 1.165) is 35.1 Å². The van der Waals surface area contributed by atoms with E-state index in [2.05, 4.69) is 16.0 Å². The van der Waals surface area contributed by atoms with Crippen LogP contribution in [0.4, 0.5) is 4.39 Å². The highest BCUT2D eigenvalue weighted by Crippen LogP contribution is 2.45. The molecule has 4 rings (SSSR count). The van der Waals surface area contributed by atoms with Gasteiger partial charge in [0.2, 0.25) is 21.8 Å². The van der Waals surface area contributed by atoms with Gasteiger partial charge in [-0.1, -0.05) is 62.4 Å². The number of thioether (sulfide) groups is 1. The van der Waals surface area contributed by atoms with Crippen LogP contribution in [-0.4, -0.2) is 78.5 Å². The number of aliphatic hydroxyl groups excluding tert-OH is 1. The van der Waals surface area contributed by atoms with Crippen LogP contribution in [0.25, 0.3) is 0 Å². The lowest BCUT2D eigenvalue weighted by Crippen LogP contribution is -2.61. The number of nitrogens with one attached hydrogen (secondary N) is 3. The van der Waals surface area contributed by atoms with E-state index in [0.29, 0.717) is 0 Å². The molecule has 0 aromatic heterocycles. The van der Waals surface area contributed by atoms with E-state index in [9.17, 15) is 27.5 Å². The zero-order valence-electron chi connectivity index (χ0n) is 30.7. The van der Waals surface area contributed by atoms with Gasteiger partial charge in [-0.05, 0) is 106 Å². The molecule has 1 aliphatic rings. The molecule has 4 N–H and O–H groups in total. The first kappa shape index (κ1) is 40.5. The topological polar surface area (TPSA) is 128 Å². The highest BCUT2D eigenvalue weighted by molar-refractivity contribution is 8.00. The molecule has 1 saturated carbocycles. The molecule has 51 heavy (non-hydrogen) atoms. The van der Waals surface area contributed by atoms with Crippen LogP contribution in [-0.2, 0) is 31.6 Å². The van der Waals surface area contributed by atoms with Crippen LogP contribution < -0.4 is 16.0 Å². The van der Waals surface area contributed by atoms with Crippen molar-refractivity contribution in [3.05, 3.63) is 101 Å². The van der Waals surface area contributed by atoms with Crippen LogP contribution in [0.1, 0.15) is 62.8 Å². The van der Waals surface area contributed by atoms with Gasteiger partial charge in [0, 0.05) is 23.4 Å². The maximum atomic E-state index is 14.2. The lowest BCUT2D eigenvalue weighted by atomic mass is 9.97. The van der Waals surface area contributed by atoms with Gasteiger partial charge in [0.1, 0.15) is 11.9 Å². The minimum Gasteiger partial charge on any atom is -0.390 e. The van der Waals surface area contributed by atoms with E-state index >= 15 is 0 Å². The van der Waals surface area contributed by atoms with Gasteiger partial charge in [0.05, 0.1) is 23.6 Å². The fourth-order valence-electron chi connectivity index (χ4n) is 6.07. The number of carbonyl (C=O) groups excluding carboxylic acids is 2. The van der Waals surface area contributed by atoms with Crippen LogP contribution >= 0.6 is 11.8 Å². The third-order valence-corrected chi connectivity index (χ3v) is 12.8. The molecule has 0 bridgehead atoms. The van der Waals surface area contributed by atoms with Crippen LogP contribution in [0.2, 0.25) is 0 Å². The van der Waals surface area contributed by atoms with Crippen molar-refractivity contribution < 1.29 is 27.5 Å². The molecule has 278 valence electrons. The summed E-state index contributed by atoms with van der Waals surface area (Å²) in [5, 5.41) is 21.0. The predicted molar refractivity (Wildman–Crippen MR) is 202 cm³/mol. The maximum Gasteiger partial charge on any atom is 0.244 e. The molecule has 2 amide bonds. The Morgan fingerprint density at radius 1 is 0.961 bits per heavy atom. The number of halogens is 1. The molecule has 1 aliphatic carbocycles. The zero-order chi connectivity index (χ0) is 37.6. The molecular weight excluding hydrogens is 688 g/mol. The van der Waals surface area contributed by atoms with Crippen molar-refractivity contribution in [2.75, 3.05) is 25.9 Å². The SMILES string of the molecule is CSC(C)(C)[C@H](NC(=O)CNC1(c2cccc(F)c2)CC1)C(=O)N[C@@H](Cc1ccccc1)[C@H](O)CN(CC(C)C)S(=O)(=O)c1ccc(C)c(C)c1. The molecule has 0 radical (unpaired) electrons. The molecule has 0 spiro atoms. The van der Waals surface area contributed by atoms with E-state index in [1.54, 1.807) is 24.3 Å². The Hall–Kier alpha value is -3.29. The molecule has 0 heterocycles. The molecule has 3 aromatic rings. The summed E-state index contributed by atoms with van der Waals surface area (Å²) < 4.78 is 42.4. The van der Waals surface area contributed by atoms with E-state index in [1.165, 1.54) is 28.2 Å². The van der Waals surface area contributed by atoms with Gasteiger partial charge >= 0.3 is 0 Å². The number of hydrogen-bond donors (Lipinski definition) is 4. The summed E-state index contributed by atoms with van der Waals surface area (Å²) in [7, 11) is -3.99. The number of carbonyl (C=O) groups is 2. The Labute approximate surface area is 307 Å². The number of aliphatic hydroxyl groups is 1. The lowest BCUT2D eigenvalue weighted by Gasteiger charge is -2.35. The van der Waals surface area contributed by atoms with Crippen LogP contribution in [0, 0.1) is 25.6 Å². The Balaban J connectivity index is 1.56. The van der Waals surface area contributed by atoms with Gasteiger partial charge < -0.3 is 15.7 Å². The van der Waals surface area contributed by atoms with E-state index in [1.807, 2.05) is 84.2 Å². The summed E-state index contributed by atoms with van der Waals surface area (Å²) in [5.74, 6) is -1.28. The molecule has 3 aromatic carbocycles. The summed E-state index contributed by atoms with van der Waals surface area (Å²) in [5.41, 5.74) is 2.94. The number of nitrogens with zero attached hydrogens (tertiary/aromatic N) is 1. The van der Waals surface area contributed by atoms with E-state index in [-0.39, 0.29) is 42.7 Å². The Morgan fingerprint density at radius 2 is 1.65 bits per heavy atom. The second kappa shape index (κ2) is 17.0. The quantitative estimate of drug-likeness (QED) is 0.143. The molecule has 1 fully saturated rings. The molecular formula is C39H53FN4O5S2. The molecule has 12 heteroatoms. The Kier molecular flexibility index (Phi) is 13.5. The molecule has 9 nitrogen and oxygen atoms in total. The first-order chi connectivity index (χ1) is 24.0. The summed E-state index contributed by atoms with van der Waals surface area (Å²) >= 11 is 1.41. The fraction of sp³-hybridized carbons (Fsp3) is 0.487. The summed E-state index contributed by atoms with van der Waals surface area (Å²) in [4.78, 5) is 27.7. The van der Waals surface area contributed by atoms with Gasteiger partial charge in [-0.15, -0.1) is 0 Å². The number of rotatable bonds is 18. The summed E-state index contributed by atoms with van der Waals surface area (Å²) in [6.07, 6.45) is 2.31. The number of aryl methyl sites for hydroxylation is 2. The normalized spacial score (nSPS) is 16.1. The van der Waals surface area contributed by atoms with Crippen molar-refractivity contribution in [2.45, 2.75) is 94.2 Å². The molecule has 0 unspecified atom stereocenters. The average molecular weight is 741 g/mol. The Bertz CT molecular complexity index is 1770. The number of sulfonamides is 1. The van der Waals surface area contributed by atoms with Gasteiger partial charge in [0.15, 0.2) is 0 Å². The fourth-order valence-corrected chi connectivity index (χ4v) is 8.18. The van der Waals surface area contributed by atoms with Crippen molar-refractivity contribution in [3.63, 3.8) is 0 Å². The maximum absolute atomic E-state index is 14.2. The minimum absolute atomic E-state index is 0.0352. The van der Waals surface area contributed by atoms with Crippen molar-refractivity contribution in [1.82, 2.24) is 20.3 Å². The standard InChI is InChI=1S/C39H53FN4O5S2/c1-26(2)24-44(51(48,49)32-17-16-27(3)28(4)20-32)25-34(45)33(21-29-12-9-8-10-13-29)42-37(47)36(38(5,6)50-7)43-35(46)23-41-39(18-19-39)30-14-11-15-31(40)22-30/h8-17,20,22,26,33-34,36,41,45H,18-19,21,23-25H2,1-7H3,(H,42,47)(H,43,46)/t33-,34+,36+/m0/s1. The second-order valence-electron chi connectivity index (χ2n) is 14.6. The smallest absolute Gasteiger partial charge is 0.244 e. The highest BCUT2D eigenvalue weighted by Gasteiger charge is 2.45. The average Bonchev–Trinajstić information content (AvgIpc) is 3.88. The van der Waals surface area contributed by atoms with E-state index in [4.69, 9.17) is 0 Å². The zero-order valence-corrected chi connectivity index (χ0v) is 32.3. The first-order valence-electron chi connectivity index (χ1n) is 17.4.